The van der Waals surface area contributed by atoms with Crippen LogP contribution in [0.25, 0.3) is 0 Å². The minimum absolute atomic E-state index is 0.0930. The van der Waals surface area contributed by atoms with E-state index < -0.39 is 10.0 Å². The van der Waals surface area contributed by atoms with Crippen molar-refractivity contribution in [3.8, 4) is 0 Å². The highest BCUT2D eigenvalue weighted by Gasteiger charge is 2.18. The van der Waals surface area contributed by atoms with Gasteiger partial charge >= 0.3 is 0 Å². The van der Waals surface area contributed by atoms with Crippen LogP contribution < -0.4 is 10.0 Å². The molecular weight excluding hydrogens is 230 g/mol. The fraction of sp³-hybridized carbons (Fsp3) is 0.444. The van der Waals surface area contributed by atoms with E-state index in [0.29, 0.717) is 12.2 Å². The molecule has 0 spiro atoms. The monoisotopic (exact) mass is 245 g/mol. The molecule has 0 saturated heterocycles. The van der Waals surface area contributed by atoms with Crippen molar-refractivity contribution in [2.24, 2.45) is 7.05 Å². The van der Waals surface area contributed by atoms with Crippen LogP contribution in [0.2, 0.25) is 0 Å². The molecule has 0 aliphatic rings. The Kier molecular flexibility index (Phi) is 3.71. The maximum Gasteiger partial charge on any atom is 0.267 e. The summed E-state index contributed by atoms with van der Waals surface area (Å²) in [5.74, 6) is -0.319. The van der Waals surface area contributed by atoms with Crippen LogP contribution >= 0.6 is 0 Å². The molecule has 0 aliphatic carbocycles. The molecule has 2 N–H and O–H groups in total. The van der Waals surface area contributed by atoms with E-state index in [1.54, 1.807) is 14.0 Å². The van der Waals surface area contributed by atoms with E-state index in [1.165, 1.54) is 23.9 Å². The second kappa shape index (κ2) is 4.67. The highest BCUT2D eigenvalue weighted by atomic mass is 32.2. The predicted octanol–water partition coefficient (Wildman–Crippen LogP) is -0.317. The Hall–Kier alpha value is -1.34. The SMILES string of the molecule is CCNS(=O)(=O)c1cc(C(=O)NC)n(C)c1. The molecule has 0 saturated carbocycles. The predicted molar refractivity (Wildman–Crippen MR) is 59.7 cm³/mol. The average molecular weight is 245 g/mol. The first-order valence-electron chi connectivity index (χ1n) is 4.80. The third-order valence-electron chi connectivity index (χ3n) is 2.08. The van der Waals surface area contributed by atoms with Crippen LogP contribution in [0, 0.1) is 0 Å². The van der Waals surface area contributed by atoms with Gasteiger partial charge in [0.05, 0.1) is 0 Å². The van der Waals surface area contributed by atoms with Gasteiger partial charge in [-0.25, -0.2) is 13.1 Å². The number of sulfonamides is 1. The number of aryl methyl sites for hydroxylation is 1. The molecule has 16 heavy (non-hydrogen) atoms. The summed E-state index contributed by atoms with van der Waals surface area (Å²) >= 11 is 0. The van der Waals surface area contributed by atoms with Crippen LogP contribution in [-0.2, 0) is 17.1 Å². The van der Waals surface area contributed by atoms with Gasteiger partial charge in [-0.15, -0.1) is 0 Å². The smallest absolute Gasteiger partial charge is 0.267 e. The third kappa shape index (κ3) is 2.42. The second-order valence-electron chi connectivity index (χ2n) is 3.25. The lowest BCUT2D eigenvalue weighted by Crippen LogP contribution is -2.22. The minimum atomic E-state index is -3.50. The number of amides is 1. The summed E-state index contributed by atoms with van der Waals surface area (Å²) in [6.07, 6.45) is 1.41. The fourth-order valence-electron chi connectivity index (χ4n) is 1.31. The number of hydrogen-bond donors (Lipinski definition) is 2. The Bertz CT molecular complexity index is 490. The quantitative estimate of drug-likeness (QED) is 0.763. The highest BCUT2D eigenvalue weighted by molar-refractivity contribution is 7.89. The first-order chi connectivity index (χ1) is 7.42. The molecule has 1 aromatic heterocycles. The van der Waals surface area contributed by atoms with Gasteiger partial charge in [0.1, 0.15) is 10.6 Å². The van der Waals surface area contributed by atoms with Gasteiger partial charge < -0.3 is 9.88 Å². The lowest BCUT2D eigenvalue weighted by molar-refractivity contribution is 0.0955. The Morgan fingerprint density at radius 1 is 1.50 bits per heavy atom. The second-order valence-corrected chi connectivity index (χ2v) is 5.02. The fourth-order valence-corrected chi connectivity index (χ4v) is 2.42. The van der Waals surface area contributed by atoms with Gasteiger partial charge in [0.25, 0.3) is 5.91 Å². The maximum absolute atomic E-state index is 11.7. The molecule has 1 aromatic rings. The molecule has 90 valence electrons. The van der Waals surface area contributed by atoms with Crippen molar-refractivity contribution in [3.05, 3.63) is 18.0 Å². The van der Waals surface area contributed by atoms with E-state index in [-0.39, 0.29) is 10.8 Å². The Morgan fingerprint density at radius 2 is 2.12 bits per heavy atom. The molecule has 0 atom stereocenters. The lowest BCUT2D eigenvalue weighted by Gasteiger charge is -1.99. The molecule has 0 unspecified atom stereocenters. The van der Waals surface area contributed by atoms with E-state index in [0.717, 1.165) is 0 Å². The average Bonchev–Trinajstić information content (AvgIpc) is 2.60. The van der Waals surface area contributed by atoms with E-state index in [9.17, 15) is 13.2 Å². The first kappa shape index (κ1) is 12.7. The number of nitrogens with zero attached hydrogens (tertiary/aromatic N) is 1. The van der Waals surface area contributed by atoms with E-state index in [4.69, 9.17) is 0 Å². The van der Waals surface area contributed by atoms with Crippen molar-refractivity contribution < 1.29 is 13.2 Å². The van der Waals surface area contributed by atoms with Crippen LogP contribution in [-0.4, -0.2) is 32.5 Å². The van der Waals surface area contributed by atoms with Crippen LogP contribution in [0.3, 0.4) is 0 Å². The zero-order valence-corrected chi connectivity index (χ0v) is 10.3. The minimum Gasteiger partial charge on any atom is -0.354 e. The van der Waals surface area contributed by atoms with Crippen molar-refractivity contribution in [2.75, 3.05) is 13.6 Å². The molecule has 0 aromatic carbocycles. The Labute approximate surface area is 94.7 Å². The Morgan fingerprint density at radius 3 is 2.62 bits per heavy atom. The summed E-state index contributed by atoms with van der Waals surface area (Å²) < 4.78 is 27.1. The van der Waals surface area contributed by atoms with Crippen LogP contribution in [0.4, 0.5) is 0 Å². The van der Waals surface area contributed by atoms with Gasteiger partial charge in [-0.1, -0.05) is 6.92 Å². The molecule has 1 rings (SSSR count). The summed E-state index contributed by atoms with van der Waals surface area (Å²) in [5, 5.41) is 2.44. The van der Waals surface area contributed by atoms with Crippen molar-refractivity contribution in [2.45, 2.75) is 11.8 Å². The molecule has 0 radical (unpaired) electrons. The number of carbonyl (C=O) groups is 1. The van der Waals surface area contributed by atoms with Crippen molar-refractivity contribution >= 4 is 15.9 Å². The molecule has 1 heterocycles. The third-order valence-corrected chi connectivity index (χ3v) is 3.60. The van der Waals surface area contributed by atoms with Crippen LogP contribution in [0.15, 0.2) is 17.2 Å². The lowest BCUT2D eigenvalue weighted by atomic mass is 10.4. The van der Waals surface area contributed by atoms with Gasteiger partial charge in [-0.3, -0.25) is 4.79 Å². The topological polar surface area (TPSA) is 80.2 Å². The van der Waals surface area contributed by atoms with E-state index in [1.807, 2.05) is 0 Å². The largest absolute Gasteiger partial charge is 0.354 e. The van der Waals surface area contributed by atoms with Gasteiger partial charge in [0.15, 0.2) is 0 Å². The highest BCUT2D eigenvalue weighted by Crippen LogP contribution is 2.12. The zero-order chi connectivity index (χ0) is 12.3. The molecule has 6 nitrogen and oxygen atoms in total. The first-order valence-corrected chi connectivity index (χ1v) is 6.28. The van der Waals surface area contributed by atoms with Gasteiger partial charge in [-0.05, 0) is 6.07 Å². The molecule has 7 heteroatoms. The van der Waals surface area contributed by atoms with E-state index in [2.05, 4.69) is 10.0 Å². The molecular formula is C9H15N3O3S. The molecule has 0 bridgehead atoms. The summed E-state index contributed by atoms with van der Waals surface area (Å²) in [6, 6.07) is 1.34. The summed E-state index contributed by atoms with van der Waals surface area (Å²) in [4.78, 5) is 11.5. The number of nitrogens with one attached hydrogen (secondary N) is 2. The van der Waals surface area contributed by atoms with E-state index >= 15 is 0 Å². The van der Waals surface area contributed by atoms with Gasteiger partial charge in [-0.2, -0.15) is 0 Å². The number of carbonyl (C=O) groups excluding carboxylic acids is 1. The standard InChI is InChI=1S/C9H15N3O3S/c1-4-11-16(14,15)7-5-8(9(13)10-2)12(3)6-7/h5-6,11H,4H2,1-3H3,(H,10,13). The Balaban J connectivity index is 3.15. The molecule has 0 fully saturated rings. The van der Waals surface area contributed by atoms with Crippen molar-refractivity contribution in [3.63, 3.8) is 0 Å². The number of aromatic nitrogens is 1. The summed E-state index contributed by atoms with van der Waals surface area (Å²) in [5.41, 5.74) is 0.305. The van der Waals surface area contributed by atoms with Crippen molar-refractivity contribution in [1.29, 1.82) is 0 Å². The summed E-state index contributed by atoms with van der Waals surface area (Å²) in [7, 11) is -0.390. The number of rotatable bonds is 4. The zero-order valence-electron chi connectivity index (χ0n) is 9.44. The number of hydrogen-bond acceptors (Lipinski definition) is 3. The molecule has 1 amide bonds. The van der Waals surface area contributed by atoms with Crippen molar-refractivity contribution in [1.82, 2.24) is 14.6 Å². The maximum atomic E-state index is 11.7. The van der Waals surface area contributed by atoms with Crippen LogP contribution in [0.1, 0.15) is 17.4 Å². The summed E-state index contributed by atoms with van der Waals surface area (Å²) in [6.45, 7) is 2.01. The van der Waals surface area contributed by atoms with Gasteiger partial charge in [0, 0.05) is 26.8 Å². The molecule has 0 aliphatic heterocycles. The van der Waals surface area contributed by atoms with Gasteiger partial charge in [0.2, 0.25) is 10.0 Å². The van der Waals surface area contributed by atoms with Crippen LogP contribution in [0.5, 0.6) is 0 Å². The normalized spacial score (nSPS) is 11.4.